The Morgan fingerprint density at radius 1 is 1.10 bits per heavy atom. The average Bonchev–Trinajstić information content (AvgIpc) is 2.46. The number of para-hydroxylation sites is 1. The molecule has 0 amide bonds. The van der Waals surface area contributed by atoms with E-state index in [1.165, 1.54) is 36.9 Å². The summed E-state index contributed by atoms with van der Waals surface area (Å²) >= 11 is 0. The van der Waals surface area contributed by atoms with Gasteiger partial charge in [0.05, 0.1) is 6.61 Å². The van der Waals surface area contributed by atoms with Crippen LogP contribution in [-0.2, 0) is 11.2 Å². The summed E-state index contributed by atoms with van der Waals surface area (Å²) < 4.78 is 5.21. The van der Waals surface area contributed by atoms with Crippen LogP contribution in [0.1, 0.15) is 52.0 Å². The molecular weight excluding hydrogens is 258 g/mol. The van der Waals surface area contributed by atoms with Crippen LogP contribution in [0.25, 0.3) is 0 Å². The lowest BCUT2D eigenvalue weighted by Crippen LogP contribution is -2.31. The van der Waals surface area contributed by atoms with Gasteiger partial charge >= 0.3 is 0 Å². The van der Waals surface area contributed by atoms with Gasteiger partial charge in [-0.3, -0.25) is 0 Å². The zero-order chi connectivity index (χ0) is 15.3. The van der Waals surface area contributed by atoms with Gasteiger partial charge < -0.3 is 10.1 Å². The van der Waals surface area contributed by atoms with Gasteiger partial charge in [-0.25, -0.2) is 0 Å². The van der Waals surface area contributed by atoms with Gasteiger partial charge in [0.15, 0.2) is 0 Å². The third-order valence-corrected chi connectivity index (χ3v) is 4.90. The van der Waals surface area contributed by atoms with Crippen molar-refractivity contribution in [2.24, 2.45) is 11.3 Å². The van der Waals surface area contributed by atoms with Crippen molar-refractivity contribution in [3.8, 4) is 0 Å². The highest BCUT2D eigenvalue weighted by atomic mass is 16.5. The first-order valence-corrected chi connectivity index (χ1v) is 8.34. The molecule has 1 aliphatic rings. The summed E-state index contributed by atoms with van der Waals surface area (Å²) in [7, 11) is 1.77. The van der Waals surface area contributed by atoms with Crippen molar-refractivity contribution in [1.82, 2.24) is 0 Å². The van der Waals surface area contributed by atoms with E-state index in [4.69, 9.17) is 4.74 Å². The van der Waals surface area contributed by atoms with E-state index in [9.17, 15) is 0 Å². The Hall–Kier alpha value is -1.02. The molecule has 2 nitrogen and oxygen atoms in total. The second kappa shape index (κ2) is 7.31. The van der Waals surface area contributed by atoms with Gasteiger partial charge in [0, 0.05) is 18.8 Å². The first-order valence-electron chi connectivity index (χ1n) is 8.34. The van der Waals surface area contributed by atoms with Crippen LogP contribution in [0, 0.1) is 11.3 Å². The van der Waals surface area contributed by atoms with Gasteiger partial charge in [0.25, 0.3) is 0 Å². The number of nitrogens with one attached hydrogen (secondary N) is 1. The van der Waals surface area contributed by atoms with Gasteiger partial charge in [0.1, 0.15) is 0 Å². The normalized spacial score (nSPS) is 23.0. The van der Waals surface area contributed by atoms with Crippen LogP contribution in [0.4, 0.5) is 5.69 Å². The molecule has 1 aromatic carbocycles. The number of methoxy groups -OCH3 is 1. The molecule has 0 unspecified atom stereocenters. The Morgan fingerprint density at radius 2 is 1.76 bits per heavy atom. The fraction of sp³-hybridized carbons (Fsp3) is 0.684. The molecule has 0 bridgehead atoms. The molecular formula is C19H31NO. The first-order chi connectivity index (χ1) is 10.0. The Balaban J connectivity index is 1.91. The van der Waals surface area contributed by atoms with Crippen molar-refractivity contribution >= 4 is 5.69 Å². The van der Waals surface area contributed by atoms with E-state index in [1.54, 1.807) is 7.11 Å². The van der Waals surface area contributed by atoms with Crippen molar-refractivity contribution < 1.29 is 4.74 Å². The lowest BCUT2D eigenvalue weighted by Gasteiger charge is -2.37. The third-order valence-electron chi connectivity index (χ3n) is 4.90. The lowest BCUT2D eigenvalue weighted by atomic mass is 9.71. The van der Waals surface area contributed by atoms with Crippen LogP contribution >= 0.6 is 0 Å². The highest BCUT2D eigenvalue weighted by Gasteiger charge is 2.29. The molecule has 2 heteroatoms. The van der Waals surface area contributed by atoms with E-state index in [0.29, 0.717) is 11.5 Å². The molecule has 1 aliphatic carbocycles. The molecule has 0 radical (unpaired) electrons. The van der Waals surface area contributed by atoms with Crippen molar-refractivity contribution in [3.63, 3.8) is 0 Å². The molecule has 0 heterocycles. The number of hydrogen-bond acceptors (Lipinski definition) is 2. The van der Waals surface area contributed by atoms with Gasteiger partial charge in [-0.15, -0.1) is 0 Å². The van der Waals surface area contributed by atoms with Gasteiger partial charge in [-0.05, 0) is 55.1 Å². The number of ether oxygens (including phenoxy) is 1. The monoisotopic (exact) mass is 289 g/mol. The topological polar surface area (TPSA) is 21.3 Å². The maximum atomic E-state index is 5.21. The summed E-state index contributed by atoms with van der Waals surface area (Å²) in [5.74, 6) is 0.874. The van der Waals surface area contributed by atoms with Crippen LogP contribution in [0.15, 0.2) is 24.3 Å². The highest BCUT2D eigenvalue weighted by Crippen LogP contribution is 2.38. The molecule has 0 atom stereocenters. The Kier molecular flexibility index (Phi) is 5.69. The summed E-state index contributed by atoms with van der Waals surface area (Å²) in [5, 5.41) is 3.77. The Morgan fingerprint density at radius 3 is 2.38 bits per heavy atom. The minimum absolute atomic E-state index is 0.460. The number of benzene rings is 1. The minimum Gasteiger partial charge on any atom is -0.384 e. The van der Waals surface area contributed by atoms with Crippen LogP contribution in [-0.4, -0.2) is 19.8 Å². The largest absolute Gasteiger partial charge is 0.384 e. The second-order valence-electron chi connectivity index (χ2n) is 7.46. The Labute approximate surface area is 130 Å². The fourth-order valence-electron chi connectivity index (χ4n) is 3.41. The molecule has 2 rings (SSSR count). The van der Waals surface area contributed by atoms with Gasteiger partial charge in [0.2, 0.25) is 0 Å². The Bertz CT molecular complexity index is 427. The standard InChI is InChI=1S/C19H31NO/c1-19(2,3)16-9-11-17(12-10-16)20-18-8-6-5-7-15(18)13-14-21-4/h5-8,16-17,20H,9-14H2,1-4H3. The molecule has 118 valence electrons. The molecule has 1 aromatic rings. The summed E-state index contributed by atoms with van der Waals surface area (Å²) in [6.45, 7) is 7.93. The third kappa shape index (κ3) is 4.74. The predicted octanol–water partition coefficient (Wildman–Crippen LogP) is 4.89. The van der Waals surface area contributed by atoms with Crippen molar-refractivity contribution in [3.05, 3.63) is 29.8 Å². The molecule has 0 spiro atoms. The molecule has 0 aliphatic heterocycles. The summed E-state index contributed by atoms with van der Waals surface area (Å²) in [6.07, 6.45) is 6.26. The van der Waals surface area contributed by atoms with Crippen LogP contribution in [0.2, 0.25) is 0 Å². The smallest absolute Gasteiger partial charge is 0.0503 e. The van der Waals surface area contributed by atoms with E-state index >= 15 is 0 Å². The number of rotatable bonds is 5. The van der Waals surface area contributed by atoms with E-state index < -0.39 is 0 Å². The quantitative estimate of drug-likeness (QED) is 0.833. The van der Waals surface area contributed by atoms with E-state index in [2.05, 4.69) is 50.4 Å². The van der Waals surface area contributed by atoms with Gasteiger partial charge in [-0.2, -0.15) is 0 Å². The predicted molar refractivity (Wildman–Crippen MR) is 90.8 cm³/mol. The van der Waals surface area contributed by atoms with Crippen LogP contribution in [0.5, 0.6) is 0 Å². The van der Waals surface area contributed by atoms with Crippen molar-refractivity contribution in [2.75, 3.05) is 19.0 Å². The summed E-state index contributed by atoms with van der Waals surface area (Å²) in [6, 6.07) is 9.29. The SMILES string of the molecule is COCCc1ccccc1NC1CCC(C(C)(C)C)CC1. The number of anilines is 1. The number of hydrogen-bond donors (Lipinski definition) is 1. The van der Waals surface area contributed by atoms with Crippen molar-refractivity contribution in [1.29, 1.82) is 0 Å². The maximum Gasteiger partial charge on any atom is 0.0503 e. The summed E-state index contributed by atoms with van der Waals surface area (Å²) in [5.41, 5.74) is 3.13. The van der Waals surface area contributed by atoms with Crippen LogP contribution in [0.3, 0.4) is 0 Å². The molecule has 1 N–H and O–H groups in total. The zero-order valence-electron chi connectivity index (χ0n) is 14.1. The van der Waals surface area contributed by atoms with E-state index in [1.807, 2.05) is 0 Å². The molecule has 21 heavy (non-hydrogen) atoms. The molecule has 0 aromatic heterocycles. The average molecular weight is 289 g/mol. The minimum atomic E-state index is 0.460. The zero-order valence-corrected chi connectivity index (χ0v) is 14.1. The summed E-state index contributed by atoms with van der Waals surface area (Å²) in [4.78, 5) is 0. The molecule has 1 fully saturated rings. The van der Waals surface area contributed by atoms with E-state index in [0.717, 1.165) is 18.9 Å². The lowest BCUT2D eigenvalue weighted by molar-refractivity contribution is 0.173. The molecule has 1 saturated carbocycles. The first kappa shape index (κ1) is 16.4. The van der Waals surface area contributed by atoms with Gasteiger partial charge in [-0.1, -0.05) is 39.0 Å². The molecule has 0 saturated heterocycles. The van der Waals surface area contributed by atoms with E-state index in [-0.39, 0.29) is 0 Å². The second-order valence-corrected chi connectivity index (χ2v) is 7.46. The highest BCUT2D eigenvalue weighted by molar-refractivity contribution is 5.52. The van der Waals surface area contributed by atoms with Crippen molar-refractivity contribution in [2.45, 2.75) is 58.9 Å². The fourth-order valence-corrected chi connectivity index (χ4v) is 3.41. The van der Waals surface area contributed by atoms with Crippen LogP contribution < -0.4 is 5.32 Å². The maximum absolute atomic E-state index is 5.21.